The van der Waals surface area contributed by atoms with Crippen molar-refractivity contribution in [3.63, 3.8) is 0 Å². The Labute approximate surface area is 109 Å². The van der Waals surface area contributed by atoms with Gasteiger partial charge in [0.05, 0.1) is 14.1 Å². The van der Waals surface area contributed by atoms with E-state index in [-0.39, 0.29) is 0 Å². The number of quaternary nitrogens is 1. The first-order chi connectivity index (χ1) is 8.61. The summed E-state index contributed by atoms with van der Waals surface area (Å²) >= 11 is 0. The first kappa shape index (κ1) is 11.5. The first-order valence-corrected chi connectivity index (χ1v) is 6.56. The summed E-state index contributed by atoms with van der Waals surface area (Å²) in [5, 5.41) is 2.77. The fourth-order valence-corrected chi connectivity index (χ4v) is 3.19. The molecule has 18 heavy (non-hydrogen) atoms. The average molecular weight is 238 g/mol. The number of benzene rings is 2. The summed E-state index contributed by atoms with van der Waals surface area (Å²) in [6, 6.07) is 11.1. The summed E-state index contributed by atoms with van der Waals surface area (Å²) in [5.41, 5.74) is 4.57. The number of fused-ring (bicyclic) bond motifs is 2. The van der Waals surface area contributed by atoms with Crippen LogP contribution >= 0.6 is 0 Å². The van der Waals surface area contributed by atoms with Crippen LogP contribution < -0.4 is 0 Å². The van der Waals surface area contributed by atoms with Crippen molar-refractivity contribution < 1.29 is 4.48 Å². The molecule has 1 heterocycles. The molecular formula is C17H20N+. The van der Waals surface area contributed by atoms with Crippen molar-refractivity contribution in [2.75, 3.05) is 14.1 Å². The Hall–Kier alpha value is -1.60. The third kappa shape index (κ3) is 1.75. The third-order valence-corrected chi connectivity index (χ3v) is 3.90. The summed E-state index contributed by atoms with van der Waals surface area (Å²) in [6.07, 6.45) is 3.00. The molecule has 0 radical (unpaired) electrons. The van der Waals surface area contributed by atoms with Gasteiger partial charge < -0.3 is 4.48 Å². The summed E-state index contributed by atoms with van der Waals surface area (Å²) in [4.78, 5) is 0. The van der Waals surface area contributed by atoms with Crippen LogP contribution in [0.25, 0.3) is 10.8 Å². The average Bonchev–Trinajstić information content (AvgIpc) is 2.63. The zero-order valence-corrected chi connectivity index (χ0v) is 11.2. The molecule has 2 aromatic rings. The van der Waals surface area contributed by atoms with E-state index >= 15 is 0 Å². The molecule has 0 aliphatic carbocycles. The summed E-state index contributed by atoms with van der Waals surface area (Å²) in [5.74, 6) is 0. The van der Waals surface area contributed by atoms with Crippen LogP contribution in [0.3, 0.4) is 0 Å². The predicted molar refractivity (Wildman–Crippen MR) is 77.4 cm³/mol. The van der Waals surface area contributed by atoms with Gasteiger partial charge in [-0.1, -0.05) is 30.3 Å². The monoisotopic (exact) mass is 238 g/mol. The second-order valence-electron chi connectivity index (χ2n) is 5.96. The molecule has 2 aromatic carbocycles. The van der Waals surface area contributed by atoms with Gasteiger partial charge in [-0.3, -0.25) is 0 Å². The maximum atomic E-state index is 3.92. The van der Waals surface area contributed by atoms with Crippen molar-refractivity contribution in [1.82, 2.24) is 0 Å². The van der Waals surface area contributed by atoms with Gasteiger partial charge in [0.15, 0.2) is 0 Å². The maximum absolute atomic E-state index is 3.92. The van der Waals surface area contributed by atoms with Gasteiger partial charge in [0.1, 0.15) is 13.1 Å². The largest absolute Gasteiger partial charge is 0.321 e. The molecule has 0 spiro atoms. The molecule has 1 heteroatoms. The van der Waals surface area contributed by atoms with Crippen molar-refractivity contribution >= 4 is 10.8 Å². The molecule has 1 aliphatic heterocycles. The Morgan fingerprint density at radius 3 is 2.78 bits per heavy atom. The van der Waals surface area contributed by atoms with Crippen LogP contribution in [0.4, 0.5) is 0 Å². The maximum Gasteiger partial charge on any atom is 0.105 e. The smallest absolute Gasteiger partial charge is 0.105 e. The standard InChI is InChI=1S/C17H20N/c1-4-7-16-15-9-6-5-8-13(15)10-14-11-18(2,3)12-17(14)16/h4-6,8-10H,1,7,11-12H2,2-3H3/q+1. The zero-order valence-electron chi connectivity index (χ0n) is 11.2. The van der Waals surface area contributed by atoms with Gasteiger partial charge in [0.25, 0.3) is 0 Å². The lowest BCUT2D eigenvalue weighted by Crippen LogP contribution is -2.32. The zero-order chi connectivity index (χ0) is 12.8. The summed E-state index contributed by atoms with van der Waals surface area (Å²) in [6.45, 7) is 6.20. The second kappa shape index (κ2) is 3.96. The summed E-state index contributed by atoms with van der Waals surface area (Å²) in [7, 11) is 4.62. The van der Waals surface area contributed by atoms with Gasteiger partial charge >= 0.3 is 0 Å². The molecular weight excluding hydrogens is 218 g/mol. The Bertz CT molecular complexity index is 623. The van der Waals surface area contributed by atoms with E-state index in [1.54, 1.807) is 5.56 Å². The molecule has 0 fully saturated rings. The molecule has 0 saturated heterocycles. The lowest BCUT2D eigenvalue weighted by atomic mass is 9.94. The minimum Gasteiger partial charge on any atom is -0.321 e. The molecule has 0 atom stereocenters. The lowest BCUT2D eigenvalue weighted by molar-refractivity contribution is -0.910. The van der Waals surface area contributed by atoms with E-state index in [2.05, 4.69) is 51.0 Å². The third-order valence-electron chi connectivity index (χ3n) is 3.90. The number of hydrogen-bond acceptors (Lipinski definition) is 0. The minimum atomic E-state index is 0.976. The fraction of sp³-hybridized carbons (Fsp3) is 0.294. The van der Waals surface area contributed by atoms with Crippen LogP contribution in [-0.4, -0.2) is 18.6 Å². The van der Waals surface area contributed by atoms with E-state index in [9.17, 15) is 0 Å². The molecule has 0 amide bonds. The topological polar surface area (TPSA) is 0 Å². The Morgan fingerprint density at radius 1 is 1.22 bits per heavy atom. The Balaban J connectivity index is 2.30. The molecule has 0 saturated carbocycles. The Kier molecular flexibility index (Phi) is 2.53. The Morgan fingerprint density at radius 2 is 2.00 bits per heavy atom. The van der Waals surface area contributed by atoms with E-state index in [0.717, 1.165) is 24.0 Å². The van der Waals surface area contributed by atoms with E-state index in [4.69, 9.17) is 0 Å². The van der Waals surface area contributed by atoms with Crippen molar-refractivity contribution in [3.8, 4) is 0 Å². The normalized spacial score (nSPS) is 16.8. The molecule has 1 nitrogen and oxygen atoms in total. The van der Waals surface area contributed by atoms with E-state index in [1.807, 2.05) is 6.08 Å². The summed E-state index contributed by atoms with van der Waals surface area (Å²) < 4.78 is 1.07. The highest BCUT2D eigenvalue weighted by molar-refractivity contribution is 5.88. The van der Waals surface area contributed by atoms with Crippen LogP contribution in [0.2, 0.25) is 0 Å². The number of allylic oxidation sites excluding steroid dienone is 1. The van der Waals surface area contributed by atoms with Crippen LogP contribution in [0, 0.1) is 0 Å². The van der Waals surface area contributed by atoms with Crippen molar-refractivity contribution in [2.45, 2.75) is 19.5 Å². The van der Waals surface area contributed by atoms with Gasteiger partial charge in [-0.05, 0) is 28.8 Å². The van der Waals surface area contributed by atoms with Gasteiger partial charge in [0.2, 0.25) is 0 Å². The number of rotatable bonds is 2. The van der Waals surface area contributed by atoms with Crippen LogP contribution in [0.15, 0.2) is 43.0 Å². The van der Waals surface area contributed by atoms with E-state index in [1.165, 1.54) is 21.9 Å². The second-order valence-corrected chi connectivity index (χ2v) is 5.96. The van der Waals surface area contributed by atoms with Gasteiger partial charge in [-0.2, -0.15) is 0 Å². The van der Waals surface area contributed by atoms with Crippen LogP contribution in [0.1, 0.15) is 16.7 Å². The number of nitrogens with zero attached hydrogens (tertiary/aromatic N) is 1. The van der Waals surface area contributed by atoms with Crippen molar-refractivity contribution in [1.29, 1.82) is 0 Å². The van der Waals surface area contributed by atoms with Crippen molar-refractivity contribution in [2.24, 2.45) is 0 Å². The fourth-order valence-electron chi connectivity index (χ4n) is 3.19. The van der Waals surface area contributed by atoms with Gasteiger partial charge in [0, 0.05) is 11.1 Å². The lowest BCUT2D eigenvalue weighted by Gasteiger charge is -2.22. The minimum absolute atomic E-state index is 0.976. The van der Waals surface area contributed by atoms with Crippen molar-refractivity contribution in [3.05, 3.63) is 59.7 Å². The number of hydrogen-bond donors (Lipinski definition) is 0. The van der Waals surface area contributed by atoms with Crippen LogP contribution in [0.5, 0.6) is 0 Å². The molecule has 3 rings (SSSR count). The highest BCUT2D eigenvalue weighted by atomic mass is 15.3. The predicted octanol–water partition coefficient (Wildman–Crippen LogP) is 3.66. The molecule has 0 aromatic heterocycles. The highest BCUT2D eigenvalue weighted by Crippen LogP contribution is 2.34. The molecule has 1 aliphatic rings. The van der Waals surface area contributed by atoms with E-state index < -0.39 is 0 Å². The quantitative estimate of drug-likeness (QED) is 0.553. The first-order valence-electron chi connectivity index (χ1n) is 6.56. The molecule has 92 valence electrons. The molecule has 0 unspecified atom stereocenters. The molecule has 0 N–H and O–H groups in total. The SMILES string of the molecule is C=CCc1c2c(cc3ccccc13)C[N+](C)(C)C2. The van der Waals surface area contributed by atoms with Crippen LogP contribution in [-0.2, 0) is 19.5 Å². The van der Waals surface area contributed by atoms with Gasteiger partial charge in [-0.15, -0.1) is 6.58 Å². The highest BCUT2D eigenvalue weighted by Gasteiger charge is 2.30. The molecule has 0 bridgehead atoms. The van der Waals surface area contributed by atoms with Gasteiger partial charge in [-0.25, -0.2) is 0 Å². The van der Waals surface area contributed by atoms with E-state index in [0.29, 0.717) is 0 Å².